The molecular formula is C18H26N2O4S. The van der Waals surface area contributed by atoms with E-state index in [0.29, 0.717) is 12.1 Å². The van der Waals surface area contributed by atoms with E-state index in [1.165, 1.54) is 4.90 Å². The number of nitrogens with one attached hydrogen (secondary N) is 1. The van der Waals surface area contributed by atoms with Gasteiger partial charge in [0.05, 0.1) is 11.5 Å². The van der Waals surface area contributed by atoms with Crippen molar-refractivity contribution >= 4 is 27.3 Å². The summed E-state index contributed by atoms with van der Waals surface area (Å²) in [6.07, 6.45) is 0.416. The standard InChI is InChI=1S/C18H26N2O4S/c1-12-6-7-14(10-13(12)2)19-16(21)18(3,4)17(22)20(5)15-8-9-25(23,24)11-15/h6-7,10,15H,8-9,11H2,1-5H3,(H,19,21). The van der Waals surface area contributed by atoms with E-state index in [4.69, 9.17) is 0 Å². The average molecular weight is 366 g/mol. The summed E-state index contributed by atoms with van der Waals surface area (Å²) in [5, 5.41) is 2.79. The molecule has 138 valence electrons. The average Bonchev–Trinajstić information content (AvgIpc) is 2.89. The smallest absolute Gasteiger partial charge is 0.239 e. The number of hydrogen-bond acceptors (Lipinski definition) is 4. The Bertz CT molecular complexity index is 799. The predicted molar refractivity (Wildman–Crippen MR) is 98.2 cm³/mol. The van der Waals surface area contributed by atoms with Crippen molar-refractivity contribution in [3.63, 3.8) is 0 Å². The van der Waals surface area contributed by atoms with Gasteiger partial charge in [-0.3, -0.25) is 9.59 Å². The predicted octanol–water partition coefficient (Wildman–Crippen LogP) is 1.91. The number of carbonyl (C=O) groups is 2. The van der Waals surface area contributed by atoms with Gasteiger partial charge < -0.3 is 10.2 Å². The van der Waals surface area contributed by atoms with Crippen molar-refractivity contribution in [1.82, 2.24) is 4.90 Å². The van der Waals surface area contributed by atoms with Crippen LogP contribution < -0.4 is 5.32 Å². The Morgan fingerprint density at radius 1 is 1.20 bits per heavy atom. The van der Waals surface area contributed by atoms with Gasteiger partial charge in [0.15, 0.2) is 9.84 Å². The van der Waals surface area contributed by atoms with Crippen LogP contribution in [0.15, 0.2) is 18.2 Å². The fourth-order valence-corrected chi connectivity index (χ4v) is 4.67. The lowest BCUT2D eigenvalue weighted by atomic mass is 9.89. The minimum atomic E-state index is -3.09. The van der Waals surface area contributed by atoms with Gasteiger partial charge in [-0.05, 0) is 57.4 Å². The highest BCUT2D eigenvalue weighted by molar-refractivity contribution is 7.91. The van der Waals surface area contributed by atoms with Crippen LogP contribution in [0.25, 0.3) is 0 Å². The van der Waals surface area contributed by atoms with Crippen LogP contribution in [0.1, 0.15) is 31.4 Å². The second kappa shape index (κ2) is 6.78. The maximum absolute atomic E-state index is 12.8. The highest BCUT2D eigenvalue weighted by Crippen LogP contribution is 2.26. The summed E-state index contributed by atoms with van der Waals surface area (Å²) >= 11 is 0. The first-order chi connectivity index (χ1) is 11.4. The summed E-state index contributed by atoms with van der Waals surface area (Å²) in [7, 11) is -1.52. The van der Waals surface area contributed by atoms with Crippen molar-refractivity contribution in [2.45, 2.75) is 40.2 Å². The number of nitrogens with zero attached hydrogens (tertiary/aromatic N) is 1. The van der Waals surface area contributed by atoms with Crippen LogP contribution in [0.4, 0.5) is 5.69 Å². The van der Waals surface area contributed by atoms with Gasteiger partial charge in [-0.25, -0.2) is 8.42 Å². The van der Waals surface area contributed by atoms with Crippen molar-refractivity contribution in [3.8, 4) is 0 Å². The number of anilines is 1. The molecule has 1 atom stereocenters. The minimum absolute atomic E-state index is 0.0376. The monoisotopic (exact) mass is 366 g/mol. The number of amides is 2. The van der Waals surface area contributed by atoms with Gasteiger partial charge in [-0.2, -0.15) is 0 Å². The Labute approximate surface area is 149 Å². The lowest BCUT2D eigenvalue weighted by Crippen LogP contribution is -2.49. The molecule has 1 saturated heterocycles. The van der Waals surface area contributed by atoms with Crippen LogP contribution in [0.2, 0.25) is 0 Å². The SMILES string of the molecule is Cc1ccc(NC(=O)C(C)(C)C(=O)N(C)C2CCS(=O)(=O)C2)cc1C. The molecule has 1 aromatic rings. The molecule has 7 heteroatoms. The van der Waals surface area contributed by atoms with E-state index in [1.54, 1.807) is 27.0 Å². The molecule has 0 bridgehead atoms. The van der Waals surface area contributed by atoms with Gasteiger partial charge in [0.2, 0.25) is 11.8 Å². The number of sulfone groups is 1. The summed E-state index contributed by atoms with van der Waals surface area (Å²) in [4.78, 5) is 26.8. The van der Waals surface area contributed by atoms with E-state index in [2.05, 4.69) is 5.32 Å². The fourth-order valence-electron chi connectivity index (χ4n) is 2.89. The summed E-state index contributed by atoms with van der Waals surface area (Å²) in [6, 6.07) is 5.20. The number of aryl methyl sites for hydroxylation is 2. The Kier molecular flexibility index (Phi) is 5.27. The Hall–Kier alpha value is -1.89. The fraction of sp³-hybridized carbons (Fsp3) is 0.556. The molecule has 1 aliphatic rings. The van der Waals surface area contributed by atoms with E-state index in [0.717, 1.165) is 11.1 Å². The first-order valence-corrected chi connectivity index (χ1v) is 10.1. The Morgan fingerprint density at radius 2 is 1.84 bits per heavy atom. The highest BCUT2D eigenvalue weighted by Gasteiger charge is 2.42. The molecule has 1 heterocycles. The van der Waals surface area contributed by atoms with Gasteiger partial charge in [0.1, 0.15) is 5.41 Å². The zero-order valence-electron chi connectivity index (χ0n) is 15.4. The topological polar surface area (TPSA) is 83.6 Å². The van der Waals surface area contributed by atoms with Crippen molar-refractivity contribution in [2.75, 3.05) is 23.9 Å². The summed E-state index contributed by atoms with van der Waals surface area (Å²) in [5.41, 5.74) is 1.52. The second-order valence-electron chi connectivity index (χ2n) is 7.35. The van der Waals surface area contributed by atoms with Gasteiger partial charge in [-0.1, -0.05) is 6.07 Å². The van der Waals surface area contributed by atoms with Crippen LogP contribution >= 0.6 is 0 Å². The summed E-state index contributed by atoms with van der Waals surface area (Å²) in [5.74, 6) is -0.737. The molecule has 0 radical (unpaired) electrons. The normalized spacial score (nSPS) is 19.5. The number of rotatable bonds is 4. The molecule has 1 aliphatic heterocycles. The molecule has 6 nitrogen and oxygen atoms in total. The molecule has 0 aliphatic carbocycles. The molecule has 1 unspecified atom stereocenters. The summed E-state index contributed by atoms with van der Waals surface area (Å²) in [6.45, 7) is 7.06. The molecular weight excluding hydrogens is 340 g/mol. The third-order valence-electron chi connectivity index (χ3n) is 4.94. The largest absolute Gasteiger partial charge is 0.341 e. The van der Waals surface area contributed by atoms with Crippen LogP contribution in [0, 0.1) is 19.3 Å². The molecule has 2 rings (SSSR count). The van der Waals surface area contributed by atoms with Gasteiger partial charge in [0.25, 0.3) is 0 Å². The third-order valence-corrected chi connectivity index (χ3v) is 6.69. The van der Waals surface area contributed by atoms with Crippen LogP contribution in [0.3, 0.4) is 0 Å². The molecule has 1 aromatic carbocycles. The molecule has 1 fully saturated rings. The van der Waals surface area contributed by atoms with Crippen LogP contribution in [0.5, 0.6) is 0 Å². The maximum atomic E-state index is 12.8. The quantitative estimate of drug-likeness (QED) is 0.825. The van der Waals surface area contributed by atoms with Crippen LogP contribution in [-0.4, -0.2) is 49.7 Å². The highest BCUT2D eigenvalue weighted by atomic mass is 32.2. The first kappa shape index (κ1) is 19.4. The van der Waals surface area contributed by atoms with Crippen molar-refractivity contribution < 1.29 is 18.0 Å². The van der Waals surface area contributed by atoms with E-state index in [1.807, 2.05) is 26.0 Å². The molecule has 25 heavy (non-hydrogen) atoms. The minimum Gasteiger partial charge on any atom is -0.341 e. The first-order valence-electron chi connectivity index (χ1n) is 8.30. The molecule has 0 saturated carbocycles. The van der Waals surface area contributed by atoms with Crippen molar-refractivity contribution in [2.24, 2.45) is 5.41 Å². The third kappa shape index (κ3) is 4.21. The number of hydrogen-bond donors (Lipinski definition) is 1. The number of carbonyl (C=O) groups excluding carboxylic acids is 2. The zero-order valence-corrected chi connectivity index (χ0v) is 16.2. The Morgan fingerprint density at radius 3 is 2.36 bits per heavy atom. The lowest BCUT2D eigenvalue weighted by molar-refractivity contribution is -0.146. The van der Waals surface area contributed by atoms with E-state index < -0.39 is 21.2 Å². The lowest BCUT2D eigenvalue weighted by Gasteiger charge is -2.31. The van der Waals surface area contributed by atoms with Crippen LogP contribution in [-0.2, 0) is 19.4 Å². The summed E-state index contributed by atoms with van der Waals surface area (Å²) < 4.78 is 23.3. The molecule has 0 aromatic heterocycles. The zero-order chi connectivity index (χ0) is 19.0. The van der Waals surface area contributed by atoms with E-state index in [9.17, 15) is 18.0 Å². The van der Waals surface area contributed by atoms with Gasteiger partial charge in [-0.15, -0.1) is 0 Å². The Balaban J connectivity index is 2.11. The van der Waals surface area contributed by atoms with Gasteiger partial charge >= 0.3 is 0 Å². The number of benzene rings is 1. The second-order valence-corrected chi connectivity index (χ2v) is 9.58. The molecule has 0 spiro atoms. The molecule has 1 N–H and O–H groups in total. The van der Waals surface area contributed by atoms with Crippen molar-refractivity contribution in [1.29, 1.82) is 0 Å². The van der Waals surface area contributed by atoms with E-state index >= 15 is 0 Å². The van der Waals surface area contributed by atoms with E-state index in [-0.39, 0.29) is 23.5 Å². The van der Waals surface area contributed by atoms with Gasteiger partial charge in [0, 0.05) is 18.8 Å². The van der Waals surface area contributed by atoms with Crippen molar-refractivity contribution in [3.05, 3.63) is 29.3 Å². The maximum Gasteiger partial charge on any atom is 0.239 e. The molecule has 2 amide bonds.